The first-order valence-corrected chi connectivity index (χ1v) is 6.93. The quantitative estimate of drug-likeness (QED) is 0.689. The van der Waals surface area contributed by atoms with Crippen molar-refractivity contribution in [1.82, 2.24) is 5.32 Å². The molecule has 1 aromatic carbocycles. The van der Waals surface area contributed by atoms with Gasteiger partial charge in [-0.05, 0) is 38.5 Å². The fourth-order valence-electron chi connectivity index (χ4n) is 1.60. The summed E-state index contributed by atoms with van der Waals surface area (Å²) in [7, 11) is 0. The summed E-state index contributed by atoms with van der Waals surface area (Å²) in [5.41, 5.74) is 0.652. The maximum Gasteiger partial charge on any atom is 0.407 e. The van der Waals surface area contributed by atoms with Crippen LogP contribution in [0, 0.1) is 29.0 Å². The SMILES string of the molecule is CC(C)(C)OC(=O)NCCC#Cc1cc(F)ccc1CC#N. The van der Waals surface area contributed by atoms with Gasteiger partial charge in [-0.25, -0.2) is 9.18 Å². The van der Waals surface area contributed by atoms with Crippen LogP contribution in [-0.2, 0) is 11.2 Å². The molecule has 0 aromatic heterocycles. The number of amides is 1. The van der Waals surface area contributed by atoms with Crippen LogP contribution in [-0.4, -0.2) is 18.2 Å². The smallest absolute Gasteiger partial charge is 0.407 e. The number of hydrogen-bond acceptors (Lipinski definition) is 3. The van der Waals surface area contributed by atoms with Crippen molar-refractivity contribution in [2.24, 2.45) is 0 Å². The molecule has 0 bridgehead atoms. The molecule has 0 unspecified atom stereocenters. The van der Waals surface area contributed by atoms with Gasteiger partial charge in [-0.3, -0.25) is 0 Å². The summed E-state index contributed by atoms with van der Waals surface area (Å²) in [4.78, 5) is 11.4. The number of alkyl carbamates (subject to hydrolysis) is 1. The van der Waals surface area contributed by atoms with Gasteiger partial charge in [0.25, 0.3) is 0 Å². The Morgan fingerprint density at radius 1 is 1.41 bits per heavy atom. The van der Waals surface area contributed by atoms with Crippen molar-refractivity contribution in [2.45, 2.75) is 39.2 Å². The number of nitrogens with zero attached hydrogens (tertiary/aromatic N) is 1. The summed E-state index contributed by atoms with van der Waals surface area (Å²) in [5.74, 6) is 5.29. The number of carbonyl (C=O) groups is 1. The van der Waals surface area contributed by atoms with Crippen LogP contribution in [0.5, 0.6) is 0 Å². The Hall–Kier alpha value is -2.53. The van der Waals surface area contributed by atoms with Gasteiger partial charge in [0.15, 0.2) is 0 Å². The van der Waals surface area contributed by atoms with Crippen molar-refractivity contribution in [3.8, 4) is 17.9 Å². The van der Waals surface area contributed by atoms with E-state index in [9.17, 15) is 9.18 Å². The third kappa shape index (κ3) is 6.76. The maximum absolute atomic E-state index is 13.2. The van der Waals surface area contributed by atoms with E-state index in [1.807, 2.05) is 6.07 Å². The van der Waals surface area contributed by atoms with E-state index in [4.69, 9.17) is 10.00 Å². The number of nitrogens with one attached hydrogen (secondary N) is 1. The van der Waals surface area contributed by atoms with Crippen molar-refractivity contribution in [2.75, 3.05) is 6.54 Å². The van der Waals surface area contributed by atoms with E-state index in [-0.39, 0.29) is 6.42 Å². The zero-order chi connectivity index (χ0) is 16.6. The molecule has 0 atom stereocenters. The lowest BCUT2D eigenvalue weighted by Crippen LogP contribution is -2.32. The average Bonchev–Trinajstić information content (AvgIpc) is 2.39. The van der Waals surface area contributed by atoms with Crippen LogP contribution in [0.3, 0.4) is 0 Å². The number of hydrogen-bond donors (Lipinski definition) is 1. The summed E-state index contributed by atoms with van der Waals surface area (Å²) in [5, 5.41) is 11.3. The molecule has 116 valence electrons. The van der Waals surface area contributed by atoms with Gasteiger partial charge in [-0.2, -0.15) is 5.26 Å². The monoisotopic (exact) mass is 302 g/mol. The van der Waals surface area contributed by atoms with Crippen LogP contribution in [0.2, 0.25) is 0 Å². The van der Waals surface area contributed by atoms with Crippen LogP contribution in [0.25, 0.3) is 0 Å². The summed E-state index contributed by atoms with van der Waals surface area (Å²) >= 11 is 0. The third-order valence-corrected chi connectivity index (χ3v) is 2.48. The molecule has 22 heavy (non-hydrogen) atoms. The zero-order valence-corrected chi connectivity index (χ0v) is 13.0. The van der Waals surface area contributed by atoms with E-state index in [1.54, 1.807) is 26.8 Å². The number of carbonyl (C=O) groups excluding carboxylic acids is 1. The molecule has 1 rings (SSSR count). The highest BCUT2D eigenvalue weighted by Crippen LogP contribution is 2.11. The molecule has 1 aromatic rings. The van der Waals surface area contributed by atoms with Crippen molar-refractivity contribution >= 4 is 6.09 Å². The lowest BCUT2D eigenvalue weighted by molar-refractivity contribution is 0.0529. The second kappa shape index (κ2) is 8.05. The third-order valence-electron chi connectivity index (χ3n) is 2.48. The van der Waals surface area contributed by atoms with Gasteiger partial charge in [0, 0.05) is 18.5 Å². The van der Waals surface area contributed by atoms with Crippen LogP contribution < -0.4 is 5.32 Å². The second-order valence-corrected chi connectivity index (χ2v) is 5.62. The molecule has 0 aliphatic heterocycles. The van der Waals surface area contributed by atoms with E-state index >= 15 is 0 Å². The van der Waals surface area contributed by atoms with Gasteiger partial charge in [-0.1, -0.05) is 17.9 Å². The largest absolute Gasteiger partial charge is 0.444 e. The molecule has 0 fully saturated rings. The maximum atomic E-state index is 13.2. The predicted molar refractivity (Wildman–Crippen MR) is 81.4 cm³/mol. The van der Waals surface area contributed by atoms with Gasteiger partial charge < -0.3 is 10.1 Å². The van der Waals surface area contributed by atoms with E-state index < -0.39 is 17.5 Å². The molecular formula is C17H19FN2O2. The summed E-state index contributed by atoms with van der Waals surface area (Å²) in [6.07, 6.45) is 0.0904. The minimum atomic E-state index is -0.538. The number of rotatable bonds is 3. The Morgan fingerprint density at radius 2 is 2.14 bits per heavy atom. The topological polar surface area (TPSA) is 62.1 Å². The minimum Gasteiger partial charge on any atom is -0.444 e. The Kier molecular flexibility index (Phi) is 6.41. The minimum absolute atomic E-state index is 0.181. The second-order valence-electron chi connectivity index (χ2n) is 5.62. The zero-order valence-electron chi connectivity index (χ0n) is 13.0. The molecular weight excluding hydrogens is 283 g/mol. The van der Waals surface area contributed by atoms with Crippen molar-refractivity contribution < 1.29 is 13.9 Å². The molecule has 5 heteroatoms. The fraction of sp³-hybridized carbons (Fsp3) is 0.412. The number of ether oxygens (including phenoxy) is 1. The van der Waals surface area contributed by atoms with Gasteiger partial charge in [0.05, 0.1) is 12.5 Å². The van der Waals surface area contributed by atoms with Gasteiger partial charge in [-0.15, -0.1) is 0 Å². The van der Waals surface area contributed by atoms with Crippen molar-refractivity contribution in [3.63, 3.8) is 0 Å². The van der Waals surface area contributed by atoms with Crippen molar-refractivity contribution in [1.29, 1.82) is 5.26 Å². The highest BCUT2D eigenvalue weighted by molar-refractivity contribution is 5.67. The first-order valence-electron chi connectivity index (χ1n) is 6.93. The Morgan fingerprint density at radius 3 is 2.77 bits per heavy atom. The molecule has 0 saturated carbocycles. The highest BCUT2D eigenvalue weighted by atomic mass is 19.1. The lowest BCUT2D eigenvalue weighted by Gasteiger charge is -2.19. The molecule has 0 aliphatic rings. The van der Waals surface area contributed by atoms with Crippen LogP contribution >= 0.6 is 0 Å². The first kappa shape index (κ1) is 17.5. The first-order chi connectivity index (χ1) is 10.3. The normalized spacial score (nSPS) is 10.1. The lowest BCUT2D eigenvalue weighted by atomic mass is 10.1. The van der Waals surface area contributed by atoms with Gasteiger partial charge in [0.1, 0.15) is 11.4 Å². The highest BCUT2D eigenvalue weighted by Gasteiger charge is 2.15. The summed E-state index contributed by atoms with van der Waals surface area (Å²) in [6, 6.07) is 6.19. The molecule has 0 radical (unpaired) electrons. The average molecular weight is 302 g/mol. The summed E-state index contributed by atoms with van der Waals surface area (Å²) < 4.78 is 18.3. The summed E-state index contributed by atoms with van der Waals surface area (Å²) in [6.45, 7) is 5.69. The number of nitriles is 1. The Labute approximate surface area is 130 Å². The van der Waals surface area contributed by atoms with E-state index in [0.717, 1.165) is 0 Å². The van der Waals surface area contributed by atoms with Crippen LogP contribution in [0.1, 0.15) is 38.3 Å². The van der Waals surface area contributed by atoms with Crippen molar-refractivity contribution in [3.05, 3.63) is 35.1 Å². The number of halogens is 1. The molecule has 0 aliphatic carbocycles. The fourth-order valence-corrected chi connectivity index (χ4v) is 1.60. The predicted octanol–water partition coefficient (Wildman–Crippen LogP) is 3.16. The number of benzene rings is 1. The molecule has 1 N–H and O–H groups in total. The van der Waals surface area contributed by atoms with Gasteiger partial charge >= 0.3 is 6.09 Å². The molecule has 1 amide bonds. The molecule has 0 heterocycles. The Bertz CT molecular complexity index is 631. The van der Waals surface area contributed by atoms with E-state index in [2.05, 4.69) is 17.2 Å². The molecule has 0 saturated heterocycles. The van der Waals surface area contributed by atoms with E-state index in [0.29, 0.717) is 24.1 Å². The molecule has 0 spiro atoms. The van der Waals surface area contributed by atoms with Crippen LogP contribution in [0.4, 0.5) is 9.18 Å². The van der Waals surface area contributed by atoms with Crippen LogP contribution in [0.15, 0.2) is 18.2 Å². The van der Waals surface area contributed by atoms with E-state index in [1.165, 1.54) is 12.1 Å². The molecule has 4 nitrogen and oxygen atoms in total. The standard InChI is InChI=1S/C17H19FN2O2/c1-17(2,3)22-16(21)20-11-5-4-6-14-12-15(18)8-7-13(14)9-10-19/h7-8,12H,5,9,11H2,1-3H3,(H,20,21). The van der Waals surface area contributed by atoms with Gasteiger partial charge in [0.2, 0.25) is 0 Å². The Balaban J connectivity index is 2.53.